The van der Waals surface area contributed by atoms with E-state index >= 15 is 0 Å². The Bertz CT molecular complexity index is 440. The number of hydrogen-bond donors (Lipinski definition) is 2. The topological polar surface area (TPSA) is 74.2 Å². The fourth-order valence-corrected chi connectivity index (χ4v) is 1.42. The van der Waals surface area contributed by atoms with Crippen LogP contribution in [0.1, 0.15) is 12.5 Å². The van der Waals surface area contributed by atoms with Gasteiger partial charge in [-0.25, -0.2) is 0 Å². The molecule has 0 aromatic heterocycles. The van der Waals surface area contributed by atoms with Crippen molar-refractivity contribution in [2.75, 3.05) is 25.6 Å². The Morgan fingerprint density at radius 3 is 3.00 bits per heavy atom. The summed E-state index contributed by atoms with van der Waals surface area (Å²) in [5.74, 6) is -0.102. The van der Waals surface area contributed by atoms with Gasteiger partial charge in [0.05, 0.1) is 18.2 Å². The van der Waals surface area contributed by atoms with Crippen molar-refractivity contribution in [3.05, 3.63) is 29.8 Å². The van der Waals surface area contributed by atoms with E-state index in [4.69, 9.17) is 10.00 Å². The molecule has 0 fully saturated rings. The Morgan fingerprint density at radius 2 is 2.33 bits per heavy atom. The Kier molecular flexibility index (Phi) is 5.68. The predicted molar refractivity (Wildman–Crippen MR) is 69.1 cm³/mol. The highest BCUT2D eigenvalue weighted by Crippen LogP contribution is 2.10. The molecule has 1 unspecified atom stereocenters. The highest BCUT2D eigenvalue weighted by atomic mass is 16.5. The molecule has 1 rings (SSSR count). The molecule has 0 saturated heterocycles. The monoisotopic (exact) mass is 247 g/mol. The average Bonchev–Trinajstić information content (AvgIpc) is 2.39. The third kappa shape index (κ3) is 4.44. The maximum atomic E-state index is 11.7. The molecule has 5 heteroatoms. The van der Waals surface area contributed by atoms with Gasteiger partial charge >= 0.3 is 0 Å². The first-order valence-corrected chi connectivity index (χ1v) is 5.70. The van der Waals surface area contributed by atoms with Gasteiger partial charge in [-0.3, -0.25) is 4.79 Å². The Labute approximate surface area is 107 Å². The van der Waals surface area contributed by atoms with Gasteiger partial charge in [-0.1, -0.05) is 6.07 Å². The number of nitriles is 1. The summed E-state index contributed by atoms with van der Waals surface area (Å²) >= 11 is 0. The molecular weight excluding hydrogens is 230 g/mol. The van der Waals surface area contributed by atoms with Crippen molar-refractivity contribution >= 4 is 11.6 Å². The number of anilines is 1. The van der Waals surface area contributed by atoms with Crippen molar-refractivity contribution in [3.8, 4) is 6.07 Å². The van der Waals surface area contributed by atoms with Gasteiger partial charge in [0.2, 0.25) is 5.91 Å². The number of carbonyl (C=O) groups is 1. The molecule has 0 aliphatic rings. The fraction of sp³-hybridized carbons (Fsp3) is 0.385. The first-order valence-electron chi connectivity index (χ1n) is 5.70. The summed E-state index contributed by atoms with van der Waals surface area (Å²) in [5, 5.41) is 14.6. The van der Waals surface area contributed by atoms with Crippen LogP contribution in [0.25, 0.3) is 0 Å². The van der Waals surface area contributed by atoms with Gasteiger partial charge in [0, 0.05) is 19.3 Å². The van der Waals surface area contributed by atoms with Gasteiger partial charge < -0.3 is 15.4 Å². The molecule has 0 aliphatic heterocycles. The van der Waals surface area contributed by atoms with Crippen LogP contribution in [0.4, 0.5) is 5.69 Å². The number of carbonyl (C=O) groups excluding carboxylic acids is 1. The summed E-state index contributed by atoms with van der Waals surface area (Å²) in [7, 11) is 1.58. The smallest absolute Gasteiger partial charge is 0.242 e. The van der Waals surface area contributed by atoms with Crippen molar-refractivity contribution in [2.24, 2.45) is 0 Å². The summed E-state index contributed by atoms with van der Waals surface area (Å²) < 4.78 is 4.85. The summed E-state index contributed by atoms with van der Waals surface area (Å²) in [6, 6.07) is 8.71. The minimum absolute atomic E-state index is 0.102. The minimum atomic E-state index is -0.365. The molecule has 5 nitrogen and oxygen atoms in total. The lowest BCUT2D eigenvalue weighted by molar-refractivity contribution is -0.121. The molecular formula is C13H17N3O2. The van der Waals surface area contributed by atoms with E-state index in [0.29, 0.717) is 18.7 Å². The molecule has 0 spiro atoms. The van der Waals surface area contributed by atoms with Crippen LogP contribution >= 0.6 is 0 Å². The maximum Gasteiger partial charge on any atom is 0.242 e. The third-order valence-corrected chi connectivity index (χ3v) is 2.37. The van der Waals surface area contributed by atoms with Crippen LogP contribution in [0.2, 0.25) is 0 Å². The van der Waals surface area contributed by atoms with Crippen molar-refractivity contribution in [1.82, 2.24) is 5.32 Å². The Balaban J connectivity index is 2.50. The molecule has 0 saturated carbocycles. The second-order valence-corrected chi connectivity index (χ2v) is 3.84. The molecule has 1 aromatic carbocycles. The van der Waals surface area contributed by atoms with E-state index in [9.17, 15) is 4.79 Å². The van der Waals surface area contributed by atoms with Crippen LogP contribution in [-0.4, -0.2) is 32.2 Å². The first kappa shape index (κ1) is 14.0. The molecule has 2 N–H and O–H groups in total. The average molecular weight is 247 g/mol. The van der Waals surface area contributed by atoms with E-state index in [-0.39, 0.29) is 11.9 Å². The van der Waals surface area contributed by atoms with Crippen LogP contribution < -0.4 is 10.6 Å². The van der Waals surface area contributed by atoms with E-state index in [1.165, 1.54) is 0 Å². The zero-order chi connectivity index (χ0) is 13.4. The zero-order valence-corrected chi connectivity index (χ0v) is 10.6. The predicted octanol–water partition coefficient (Wildman–Crippen LogP) is 1.12. The normalized spacial score (nSPS) is 11.4. The SMILES string of the molecule is COCCNC(=O)C(C)Nc1cccc(C#N)c1. The summed E-state index contributed by atoms with van der Waals surface area (Å²) in [6.07, 6.45) is 0. The van der Waals surface area contributed by atoms with E-state index < -0.39 is 0 Å². The van der Waals surface area contributed by atoms with Gasteiger partial charge in [0.1, 0.15) is 6.04 Å². The molecule has 1 atom stereocenters. The van der Waals surface area contributed by atoms with Crippen LogP contribution in [-0.2, 0) is 9.53 Å². The van der Waals surface area contributed by atoms with Crippen molar-refractivity contribution in [1.29, 1.82) is 5.26 Å². The largest absolute Gasteiger partial charge is 0.383 e. The highest BCUT2D eigenvalue weighted by Gasteiger charge is 2.11. The van der Waals surface area contributed by atoms with Crippen LogP contribution in [0.15, 0.2) is 24.3 Å². The molecule has 18 heavy (non-hydrogen) atoms. The van der Waals surface area contributed by atoms with Crippen molar-refractivity contribution < 1.29 is 9.53 Å². The Morgan fingerprint density at radius 1 is 1.56 bits per heavy atom. The van der Waals surface area contributed by atoms with Gasteiger partial charge in [-0.05, 0) is 25.1 Å². The molecule has 0 radical (unpaired) electrons. The number of hydrogen-bond acceptors (Lipinski definition) is 4. The molecule has 1 aromatic rings. The number of rotatable bonds is 6. The summed E-state index contributed by atoms with van der Waals surface area (Å²) in [4.78, 5) is 11.7. The lowest BCUT2D eigenvalue weighted by atomic mass is 10.2. The zero-order valence-electron chi connectivity index (χ0n) is 10.6. The summed E-state index contributed by atoms with van der Waals surface area (Å²) in [6.45, 7) is 2.74. The standard InChI is InChI=1S/C13H17N3O2/c1-10(13(17)15-6-7-18-2)16-12-5-3-4-11(8-12)9-14/h3-5,8,10,16H,6-7H2,1-2H3,(H,15,17). The van der Waals surface area contributed by atoms with E-state index in [0.717, 1.165) is 5.69 Å². The van der Waals surface area contributed by atoms with Gasteiger partial charge in [0.25, 0.3) is 0 Å². The van der Waals surface area contributed by atoms with Crippen LogP contribution in [0, 0.1) is 11.3 Å². The minimum Gasteiger partial charge on any atom is -0.383 e. The lowest BCUT2D eigenvalue weighted by Gasteiger charge is -2.15. The molecule has 0 bridgehead atoms. The number of benzene rings is 1. The van der Waals surface area contributed by atoms with Gasteiger partial charge in [-0.2, -0.15) is 5.26 Å². The van der Waals surface area contributed by atoms with Crippen LogP contribution in [0.3, 0.4) is 0 Å². The second-order valence-electron chi connectivity index (χ2n) is 3.84. The highest BCUT2D eigenvalue weighted by molar-refractivity contribution is 5.84. The third-order valence-electron chi connectivity index (χ3n) is 2.37. The number of amides is 1. The fourth-order valence-electron chi connectivity index (χ4n) is 1.42. The molecule has 0 heterocycles. The first-order chi connectivity index (χ1) is 8.67. The van der Waals surface area contributed by atoms with Gasteiger partial charge in [-0.15, -0.1) is 0 Å². The molecule has 0 aliphatic carbocycles. The second kappa shape index (κ2) is 7.30. The lowest BCUT2D eigenvalue weighted by Crippen LogP contribution is -2.39. The Hall–Kier alpha value is -2.06. The van der Waals surface area contributed by atoms with Gasteiger partial charge in [0.15, 0.2) is 0 Å². The van der Waals surface area contributed by atoms with E-state index in [1.54, 1.807) is 32.2 Å². The quantitative estimate of drug-likeness (QED) is 0.739. The molecule has 96 valence electrons. The summed E-state index contributed by atoms with van der Waals surface area (Å²) in [5.41, 5.74) is 1.32. The van der Waals surface area contributed by atoms with Crippen molar-refractivity contribution in [2.45, 2.75) is 13.0 Å². The molecule has 1 amide bonds. The number of ether oxygens (including phenoxy) is 1. The number of nitrogens with zero attached hydrogens (tertiary/aromatic N) is 1. The van der Waals surface area contributed by atoms with Crippen LogP contribution in [0.5, 0.6) is 0 Å². The van der Waals surface area contributed by atoms with E-state index in [1.807, 2.05) is 6.07 Å². The number of nitrogens with one attached hydrogen (secondary N) is 2. The maximum absolute atomic E-state index is 11.7. The number of methoxy groups -OCH3 is 1. The van der Waals surface area contributed by atoms with E-state index in [2.05, 4.69) is 16.7 Å². The van der Waals surface area contributed by atoms with Crippen molar-refractivity contribution in [3.63, 3.8) is 0 Å².